The topological polar surface area (TPSA) is 49.2 Å². The average molecular weight is 296 g/mol. The minimum absolute atomic E-state index is 0. The van der Waals surface area contributed by atoms with Gasteiger partial charge in [0.25, 0.3) is 0 Å². The van der Waals surface area contributed by atoms with E-state index in [1.165, 1.54) is 11.9 Å². The number of hydrogen-bond donors (Lipinski definition) is 0. The highest BCUT2D eigenvalue weighted by molar-refractivity contribution is 5.85. The molecule has 1 aliphatic heterocycles. The molecule has 0 spiro atoms. The van der Waals surface area contributed by atoms with Gasteiger partial charge in [0.2, 0.25) is 0 Å². The van der Waals surface area contributed by atoms with E-state index in [1.807, 2.05) is 6.07 Å². The normalized spacial score (nSPS) is 16.8. The first-order chi connectivity index (χ1) is 9.36. The summed E-state index contributed by atoms with van der Waals surface area (Å²) in [6.45, 7) is 1.87. The summed E-state index contributed by atoms with van der Waals surface area (Å²) < 4.78 is 13.4. The highest BCUT2D eigenvalue weighted by atomic mass is 35.5. The first kappa shape index (κ1) is 15.0. The molecule has 1 aromatic carbocycles. The molecule has 0 unspecified atom stereocenters. The van der Waals surface area contributed by atoms with E-state index < -0.39 is 5.79 Å². The minimum Gasteiger partial charge on any atom is -0.346 e. The maximum Gasteiger partial charge on any atom is 0.188 e. The van der Waals surface area contributed by atoms with Crippen molar-refractivity contribution in [3.8, 4) is 0 Å². The third-order valence-corrected chi connectivity index (χ3v) is 3.32. The van der Waals surface area contributed by atoms with Gasteiger partial charge in [-0.25, -0.2) is 9.67 Å². The van der Waals surface area contributed by atoms with Crippen molar-refractivity contribution in [2.45, 2.75) is 25.2 Å². The summed E-state index contributed by atoms with van der Waals surface area (Å²) in [7, 11) is 0. The van der Waals surface area contributed by atoms with Crippen molar-refractivity contribution in [3.05, 3.63) is 48.5 Å². The zero-order chi connectivity index (χ0) is 13.0. The highest BCUT2D eigenvalue weighted by Crippen LogP contribution is 2.27. The molecule has 2 aromatic rings. The van der Waals surface area contributed by atoms with E-state index in [0.29, 0.717) is 19.8 Å². The SMILES string of the molecule is Cl.c1ccc(CCC2(Cn3cncn3)OCCO2)cc1. The molecule has 1 aromatic heterocycles. The van der Waals surface area contributed by atoms with Crippen molar-refractivity contribution in [3.63, 3.8) is 0 Å². The Balaban J connectivity index is 0.00000147. The van der Waals surface area contributed by atoms with Gasteiger partial charge in [0, 0.05) is 6.42 Å². The lowest BCUT2D eigenvalue weighted by Gasteiger charge is -2.27. The van der Waals surface area contributed by atoms with Crippen LogP contribution in [0.4, 0.5) is 0 Å². The second kappa shape index (κ2) is 6.83. The van der Waals surface area contributed by atoms with Crippen LogP contribution < -0.4 is 0 Å². The number of nitrogens with zero attached hydrogens (tertiary/aromatic N) is 3. The van der Waals surface area contributed by atoms with Gasteiger partial charge in [0.15, 0.2) is 5.79 Å². The lowest BCUT2D eigenvalue weighted by Crippen LogP contribution is -2.36. The molecule has 3 rings (SSSR count). The summed E-state index contributed by atoms with van der Waals surface area (Å²) in [6, 6.07) is 10.4. The maximum atomic E-state index is 5.82. The molecule has 108 valence electrons. The molecule has 0 bridgehead atoms. The first-order valence-corrected chi connectivity index (χ1v) is 6.51. The molecular formula is C14H18ClN3O2. The van der Waals surface area contributed by atoms with Crippen molar-refractivity contribution in [2.24, 2.45) is 0 Å². The lowest BCUT2D eigenvalue weighted by atomic mass is 10.0. The molecule has 0 amide bonds. The van der Waals surface area contributed by atoms with Crippen LogP contribution >= 0.6 is 12.4 Å². The van der Waals surface area contributed by atoms with E-state index in [0.717, 1.165) is 12.8 Å². The number of ether oxygens (including phenoxy) is 2. The predicted molar refractivity (Wildman–Crippen MR) is 76.7 cm³/mol. The summed E-state index contributed by atoms with van der Waals surface area (Å²) in [5.74, 6) is -0.566. The average Bonchev–Trinajstić information content (AvgIpc) is 3.11. The molecule has 20 heavy (non-hydrogen) atoms. The van der Waals surface area contributed by atoms with Gasteiger partial charge in [-0.05, 0) is 12.0 Å². The Morgan fingerprint density at radius 1 is 1.15 bits per heavy atom. The quantitative estimate of drug-likeness (QED) is 0.847. The molecule has 1 saturated heterocycles. The smallest absolute Gasteiger partial charge is 0.188 e. The fourth-order valence-corrected chi connectivity index (χ4v) is 2.35. The molecule has 6 heteroatoms. The molecule has 0 saturated carbocycles. The second-order valence-corrected chi connectivity index (χ2v) is 4.69. The molecule has 0 aliphatic carbocycles. The van der Waals surface area contributed by atoms with Gasteiger partial charge in [0.05, 0.1) is 19.8 Å². The van der Waals surface area contributed by atoms with Crippen molar-refractivity contribution < 1.29 is 9.47 Å². The van der Waals surface area contributed by atoms with Crippen LogP contribution in [0.5, 0.6) is 0 Å². The number of hydrogen-bond acceptors (Lipinski definition) is 4. The van der Waals surface area contributed by atoms with Gasteiger partial charge in [-0.3, -0.25) is 0 Å². The summed E-state index contributed by atoms with van der Waals surface area (Å²) in [5, 5.41) is 4.13. The minimum atomic E-state index is -0.566. The second-order valence-electron chi connectivity index (χ2n) is 4.69. The molecule has 1 aliphatic rings. The number of rotatable bonds is 5. The molecule has 0 radical (unpaired) electrons. The van der Waals surface area contributed by atoms with E-state index in [4.69, 9.17) is 9.47 Å². The van der Waals surface area contributed by atoms with E-state index in [9.17, 15) is 0 Å². The molecule has 2 heterocycles. The molecular weight excluding hydrogens is 278 g/mol. The van der Waals surface area contributed by atoms with Crippen molar-refractivity contribution in [2.75, 3.05) is 13.2 Å². The molecule has 0 N–H and O–H groups in total. The van der Waals surface area contributed by atoms with Gasteiger partial charge in [-0.1, -0.05) is 30.3 Å². The summed E-state index contributed by atoms with van der Waals surface area (Å²) >= 11 is 0. The Morgan fingerprint density at radius 3 is 2.55 bits per heavy atom. The third-order valence-electron chi connectivity index (χ3n) is 3.32. The van der Waals surface area contributed by atoms with Crippen LogP contribution in [-0.4, -0.2) is 33.8 Å². The Bertz CT molecular complexity index is 498. The zero-order valence-corrected chi connectivity index (χ0v) is 12.0. The first-order valence-electron chi connectivity index (χ1n) is 6.51. The highest BCUT2D eigenvalue weighted by Gasteiger charge is 2.36. The van der Waals surface area contributed by atoms with E-state index >= 15 is 0 Å². The van der Waals surface area contributed by atoms with Gasteiger partial charge >= 0.3 is 0 Å². The summed E-state index contributed by atoms with van der Waals surface area (Å²) in [6.07, 6.45) is 4.96. The van der Waals surface area contributed by atoms with E-state index in [1.54, 1.807) is 11.0 Å². The van der Waals surface area contributed by atoms with Crippen LogP contribution in [0.3, 0.4) is 0 Å². The third kappa shape index (κ3) is 3.56. The zero-order valence-electron chi connectivity index (χ0n) is 11.1. The van der Waals surface area contributed by atoms with Gasteiger partial charge < -0.3 is 9.47 Å². The number of aryl methyl sites for hydroxylation is 1. The Morgan fingerprint density at radius 2 is 1.90 bits per heavy atom. The number of aromatic nitrogens is 3. The predicted octanol–water partition coefficient (Wildman–Crippen LogP) is 2.08. The fourth-order valence-electron chi connectivity index (χ4n) is 2.35. The van der Waals surface area contributed by atoms with Gasteiger partial charge in [-0.15, -0.1) is 12.4 Å². The van der Waals surface area contributed by atoms with Crippen molar-refractivity contribution >= 4 is 12.4 Å². The number of benzene rings is 1. The Hall–Kier alpha value is -1.43. The van der Waals surface area contributed by atoms with Gasteiger partial charge in [-0.2, -0.15) is 5.10 Å². The van der Waals surface area contributed by atoms with Crippen LogP contribution in [0.2, 0.25) is 0 Å². The van der Waals surface area contributed by atoms with Crippen molar-refractivity contribution in [1.29, 1.82) is 0 Å². The van der Waals surface area contributed by atoms with Crippen molar-refractivity contribution in [1.82, 2.24) is 14.8 Å². The van der Waals surface area contributed by atoms with E-state index in [2.05, 4.69) is 34.3 Å². The van der Waals surface area contributed by atoms with Crippen LogP contribution in [0.15, 0.2) is 43.0 Å². The molecule has 5 nitrogen and oxygen atoms in total. The maximum absolute atomic E-state index is 5.82. The fraction of sp³-hybridized carbons (Fsp3) is 0.429. The largest absolute Gasteiger partial charge is 0.346 e. The Kier molecular flexibility index (Phi) is 5.11. The monoisotopic (exact) mass is 295 g/mol. The number of halogens is 1. The standard InChI is InChI=1S/C14H17N3O2.ClH/c1-2-4-13(5-3-1)6-7-14(18-8-9-19-14)10-17-12-15-11-16-17;/h1-5,11-12H,6-10H2;1H. The van der Waals surface area contributed by atoms with Crippen LogP contribution in [0.1, 0.15) is 12.0 Å². The summed E-state index contributed by atoms with van der Waals surface area (Å²) in [4.78, 5) is 3.95. The van der Waals surface area contributed by atoms with Crippen LogP contribution in [0, 0.1) is 0 Å². The van der Waals surface area contributed by atoms with Gasteiger partial charge in [0.1, 0.15) is 12.7 Å². The molecule has 1 fully saturated rings. The van der Waals surface area contributed by atoms with Crippen LogP contribution in [0.25, 0.3) is 0 Å². The van der Waals surface area contributed by atoms with E-state index in [-0.39, 0.29) is 12.4 Å². The molecule has 0 atom stereocenters. The Labute approximate surface area is 124 Å². The van der Waals surface area contributed by atoms with Crippen LogP contribution in [-0.2, 0) is 22.4 Å². The summed E-state index contributed by atoms with van der Waals surface area (Å²) in [5.41, 5.74) is 1.29. The lowest BCUT2D eigenvalue weighted by molar-refractivity contribution is -0.173.